The second-order valence-electron chi connectivity index (χ2n) is 5.25. The van der Waals surface area contributed by atoms with E-state index < -0.39 is 11.7 Å². The fraction of sp³-hybridized carbons (Fsp3) is 0.0588. The van der Waals surface area contributed by atoms with E-state index in [-0.39, 0.29) is 22.5 Å². The molecule has 0 aliphatic rings. The van der Waals surface area contributed by atoms with Crippen LogP contribution in [-0.4, -0.2) is 20.9 Å². The van der Waals surface area contributed by atoms with E-state index in [9.17, 15) is 14.7 Å². The van der Waals surface area contributed by atoms with Crippen molar-refractivity contribution >= 4 is 17.3 Å². The van der Waals surface area contributed by atoms with Crippen molar-refractivity contribution in [1.82, 2.24) is 9.78 Å². The summed E-state index contributed by atoms with van der Waals surface area (Å²) in [6.45, 7) is 1.68. The number of carboxylic acids is 1. The predicted molar refractivity (Wildman–Crippen MR) is 88.2 cm³/mol. The van der Waals surface area contributed by atoms with Gasteiger partial charge in [0.1, 0.15) is 0 Å². The van der Waals surface area contributed by atoms with Gasteiger partial charge in [0.05, 0.1) is 22.6 Å². The van der Waals surface area contributed by atoms with Crippen LogP contribution in [0.4, 0.5) is 11.4 Å². The first-order valence-electron chi connectivity index (χ1n) is 7.30. The van der Waals surface area contributed by atoms with Gasteiger partial charge in [0.15, 0.2) is 5.69 Å². The maximum absolute atomic E-state index is 12.5. The molecule has 0 aliphatic carbocycles. The van der Waals surface area contributed by atoms with Crippen molar-refractivity contribution in [2.24, 2.45) is 10.2 Å². The molecule has 0 atom stereocenters. The second-order valence-corrected chi connectivity index (χ2v) is 5.25. The normalized spacial score (nSPS) is 11.1. The van der Waals surface area contributed by atoms with Gasteiger partial charge in [-0.3, -0.25) is 9.89 Å². The summed E-state index contributed by atoms with van der Waals surface area (Å²) in [6, 6.07) is 12.6. The minimum absolute atomic E-state index is 0.110. The van der Waals surface area contributed by atoms with Gasteiger partial charge >= 0.3 is 5.97 Å². The number of azo groups is 1. The van der Waals surface area contributed by atoms with E-state index >= 15 is 0 Å². The molecule has 0 unspecified atom stereocenters. The Labute approximate surface area is 141 Å². The maximum Gasteiger partial charge on any atom is 0.335 e. The van der Waals surface area contributed by atoms with Crippen LogP contribution in [-0.2, 0) is 0 Å². The summed E-state index contributed by atoms with van der Waals surface area (Å²) in [6.07, 6.45) is 0. The van der Waals surface area contributed by atoms with E-state index in [0.29, 0.717) is 11.4 Å². The highest BCUT2D eigenvalue weighted by Crippen LogP contribution is 2.24. The molecule has 126 valence electrons. The van der Waals surface area contributed by atoms with Gasteiger partial charge in [0.2, 0.25) is 0 Å². The number of rotatable bonds is 4. The summed E-state index contributed by atoms with van der Waals surface area (Å²) in [4.78, 5) is 23.3. The smallest absolute Gasteiger partial charge is 0.335 e. The second kappa shape index (κ2) is 6.44. The van der Waals surface area contributed by atoms with Crippen LogP contribution in [0.5, 0.6) is 5.75 Å². The lowest BCUT2D eigenvalue weighted by atomic mass is 10.2. The van der Waals surface area contributed by atoms with Crippen LogP contribution in [0.25, 0.3) is 5.69 Å². The fourth-order valence-electron chi connectivity index (χ4n) is 2.27. The van der Waals surface area contributed by atoms with E-state index in [2.05, 4.69) is 15.3 Å². The molecule has 3 aromatic rings. The van der Waals surface area contributed by atoms with Crippen LogP contribution in [0.3, 0.4) is 0 Å². The molecule has 0 radical (unpaired) electrons. The molecule has 0 spiro atoms. The summed E-state index contributed by atoms with van der Waals surface area (Å²) in [5.74, 6) is -1.97. The molecule has 25 heavy (non-hydrogen) atoms. The van der Waals surface area contributed by atoms with Crippen molar-refractivity contribution in [1.29, 1.82) is 0 Å². The lowest BCUT2D eigenvalue weighted by molar-refractivity contribution is -0.268. The van der Waals surface area contributed by atoms with Crippen LogP contribution >= 0.6 is 0 Å². The first kappa shape index (κ1) is 16.2. The number of carboxylic acid groups (broad SMARTS) is 1. The number of aromatic amines is 1. The van der Waals surface area contributed by atoms with Gasteiger partial charge in [-0.1, -0.05) is 23.9 Å². The zero-order valence-electron chi connectivity index (χ0n) is 13.1. The van der Waals surface area contributed by atoms with Gasteiger partial charge in [-0.25, -0.2) is 9.48 Å². The van der Waals surface area contributed by atoms with E-state index in [1.165, 1.54) is 10.7 Å². The van der Waals surface area contributed by atoms with Gasteiger partial charge in [-0.2, -0.15) is 5.11 Å². The Bertz CT molecular complexity index is 1020. The largest absolute Gasteiger partial charge is 0.872 e. The molecular formula is C17H13N4O4-. The number of aromatic nitrogens is 2. The lowest BCUT2D eigenvalue weighted by Gasteiger charge is -2.09. The minimum Gasteiger partial charge on any atom is -0.872 e. The van der Waals surface area contributed by atoms with Crippen LogP contribution in [0.2, 0.25) is 0 Å². The third-order valence-electron chi connectivity index (χ3n) is 3.52. The number of benzene rings is 2. The van der Waals surface area contributed by atoms with E-state index in [1.54, 1.807) is 31.2 Å². The van der Waals surface area contributed by atoms with Crippen molar-refractivity contribution in [2.75, 3.05) is 0 Å². The summed E-state index contributed by atoms with van der Waals surface area (Å²) in [5, 5.41) is 31.2. The number of para-hydroxylation sites is 1. The van der Waals surface area contributed by atoms with E-state index in [4.69, 9.17) is 5.11 Å². The predicted octanol–water partition coefficient (Wildman–Crippen LogP) is 2.66. The van der Waals surface area contributed by atoms with Gasteiger partial charge in [-0.05, 0) is 37.3 Å². The minimum atomic E-state index is -1.30. The molecule has 1 aromatic heterocycles. The van der Waals surface area contributed by atoms with Crippen molar-refractivity contribution < 1.29 is 15.0 Å². The molecule has 0 fully saturated rings. The fourth-order valence-corrected chi connectivity index (χ4v) is 2.27. The monoisotopic (exact) mass is 337 g/mol. The number of nitrogens with one attached hydrogen (secondary N) is 1. The molecule has 0 aliphatic heterocycles. The number of aryl methyl sites for hydroxylation is 1. The summed E-state index contributed by atoms with van der Waals surface area (Å²) >= 11 is 0. The zero-order chi connectivity index (χ0) is 18.0. The van der Waals surface area contributed by atoms with Gasteiger partial charge in [0, 0.05) is 0 Å². The van der Waals surface area contributed by atoms with Crippen LogP contribution in [0.15, 0.2) is 63.6 Å². The molecule has 0 saturated carbocycles. The van der Waals surface area contributed by atoms with Crippen molar-refractivity contribution in [3.8, 4) is 11.4 Å². The molecule has 2 N–H and O–H groups in total. The first-order valence-corrected chi connectivity index (χ1v) is 7.30. The number of carbonyl (C=O) groups is 1. The Hall–Kier alpha value is -3.68. The highest BCUT2D eigenvalue weighted by atomic mass is 16.4. The number of nitrogens with zero attached hydrogens (tertiary/aromatic N) is 3. The third kappa shape index (κ3) is 3.18. The number of H-pyrrole nitrogens is 1. The Morgan fingerprint density at radius 1 is 1.16 bits per heavy atom. The van der Waals surface area contributed by atoms with Gasteiger partial charge < -0.3 is 10.2 Å². The molecule has 1 heterocycles. The van der Waals surface area contributed by atoms with Gasteiger partial charge in [0.25, 0.3) is 5.56 Å². The van der Waals surface area contributed by atoms with Crippen LogP contribution in [0, 0.1) is 6.92 Å². The van der Waals surface area contributed by atoms with Crippen LogP contribution in [0.1, 0.15) is 16.1 Å². The van der Waals surface area contributed by atoms with E-state index in [0.717, 1.165) is 12.1 Å². The standard InChI is InChI=1S/C17H14N4O4/c1-10-15(16(23)21(20-10)12-5-3-2-4-6-12)19-18-11-7-8-13(17(24)25)14(22)9-11/h2-9,20,22H,1H3,(H,24,25)/p-1. The van der Waals surface area contributed by atoms with Crippen molar-refractivity contribution in [3.05, 3.63) is 70.1 Å². The molecule has 2 aromatic carbocycles. The summed E-state index contributed by atoms with van der Waals surface area (Å²) in [7, 11) is 0. The van der Waals surface area contributed by atoms with Crippen LogP contribution < -0.4 is 10.7 Å². The molecule has 8 heteroatoms. The van der Waals surface area contributed by atoms with Gasteiger partial charge in [-0.15, -0.1) is 5.11 Å². The first-order chi connectivity index (χ1) is 12.0. The quantitative estimate of drug-likeness (QED) is 0.710. The molecule has 0 bridgehead atoms. The maximum atomic E-state index is 12.5. The Morgan fingerprint density at radius 2 is 1.88 bits per heavy atom. The molecule has 0 amide bonds. The number of hydrogen-bond donors (Lipinski definition) is 2. The average Bonchev–Trinajstić information content (AvgIpc) is 2.88. The van der Waals surface area contributed by atoms with Crippen molar-refractivity contribution in [3.63, 3.8) is 0 Å². The number of aromatic carboxylic acids is 1. The van der Waals surface area contributed by atoms with E-state index in [1.807, 2.05) is 6.07 Å². The molecule has 3 rings (SSSR count). The zero-order valence-corrected chi connectivity index (χ0v) is 13.1. The Kier molecular flexibility index (Phi) is 4.17. The third-order valence-corrected chi connectivity index (χ3v) is 3.52. The SMILES string of the molecule is Cc1[nH]n(-c2ccccc2)c(=O)c1N=Nc1ccc(C(=O)O)c([O-])c1. The highest BCUT2D eigenvalue weighted by Gasteiger charge is 2.12. The Balaban J connectivity index is 1.95. The molecular weight excluding hydrogens is 324 g/mol. The average molecular weight is 337 g/mol. The highest BCUT2D eigenvalue weighted by molar-refractivity contribution is 5.91. The lowest BCUT2D eigenvalue weighted by Crippen LogP contribution is -2.13. The summed E-state index contributed by atoms with van der Waals surface area (Å²) < 4.78 is 1.34. The summed E-state index contributed by atoms with van der Waals surface area (Å²) in [5.41, 5.74) is 0.729. The topological polar surface area (TPSA) is 123 Å². The Morgan fingerprint density at radius 3 is 2.52 bits per heavy atom. The van der Waals surface area contributed by atoms with Crippen molar-refractivity contribution in [2.45, 2.75) is 6.92 Å². The molecule has 8 nitrogen and oxygen atoms in total. The molecule has 0 saturated heterocycles. The number of hydrogen-bond acceptors (Lipinski definition) is 5.